The fourth-order valence-electron chi connectivity index (χ4n) is 4.01. The molecular formula is C19H27FN2O. The SMILES string of the molecule is O=C(CCC1CCNC1)NC(c1cccc(F)c1)C1CCCC1. The second-order valence-corrected chi connectivity index (χ2v) is 7.04. The van der Waals surface area contributed by atoms with Crippen LogP contribution in [0, 0.1) is 17.7 Å². The average molecular weight is 318 g/mol. The Kier molecular flexibility index (Phi) is 5.65. The van der Waals surface area contributed by atoms with Crippen molar-refractivity contribution in [2.75, 3.05) is 13.1 Å². The lowest BCUT2D eigenvalue weighted by molar-refractivity contribution is -0.122. The van der Waals surface area contributed by atoms with E-state index in [4.69, 9.17) is 0 Å². The molecule has 2 aliphatic rings. The van der Waals surface area contributed by atoms with Crippen molar-refractivity contribution in [3.63, 3.8) is 0 Å². The van der Waals surface area contributed by atoms with Gasteiger partial charge in [0.15, 0.2) is 0 Å². The molecule has 3 rings (SSSR count). The summed E-state index contributed by atoms with van der Waals surface area (Å²) >= 11 is 0. The molecular weight excluding hydrogens is 291 g/mol. The minimum Gasteiger partial charge on any atom is -0.349 e. The number of carbonyl (C=O) groups is 1. The zero-order valence-electron chi connectivity index (χ0n) is 13.7. The fourth-order valence-corrected chi connectivity index (χ4v) is 4.01. The molecule has 2 fully saturated rings. The first-order valence-electron chi connectivity index (χ1n) is 8.98. The molecule has 0 spiro atoms. The zero-order chi connectivity index (χ0) is 16.1. The summed E-state index contributed by atoms with van der Waals surface area (Å²) < 4.78 is 13.6. The highest BCUT2D eigenvalue weighted by Crippen LogP contribution is 2.36. The second-order valence-electron chi connectivity index (χ2n) is 7.04. The average Bonchev–Trinajstić information content (AvgIpc) is 3.24. The van der Waals surface area contributed by atoms with Crippen LogP contribution < -0.4 is 10.6 Å². The largest absolute Gasteiger partial charge is 0.349 e. The maximum atomic E-state index is 13.6. The number of rotatable bonds is 6. The molecule has 0 bridgehead atoms. The summed E-state index contributed by atoms with van der Waals surface area (Å²) in [5.41, 5.74) is 0.910. The van der Waals surface area contributed by atoms with E-state index < -0.39 is 0 Å². The van der Waals surface area contributed by atoms with Gasteiger partial charge in [0.2, 0.25) is 5.91 Å². The van der Waals surface area contributed by atoms with Crippen LogP contribution in [-0.4, -0.2) is 19.0 Å². The third-order valence-electron chi connectivity index (χ3n) is 5.34. The number of hydrogen-bond donors (Lipinski definition) is 2. The van der Waals surface area contributed by atoms with Crippen LogP contribution in [0.1, 0.15) is 56.6 Å². The maximum absolute atomic E-state index is 13.6. The van der Waals surface area contributed by atoms with Crippen molar-refractivity contribution < 1.29 is 9.18 Å². The van der Waals surface area contributed by atoms with Crippen molar-refractivity contribution in [2.45, 2.75) is 51.0 Å². The van der Waals surface area contributed by atoms with E-state index in [0.29, 0.717) is 18.3 Å². The predicted molar refractivity (Wildman–Crippen MR) is 89.5 cm³/mol. The smallest absolute Gasteiger partial charge is 0.220 e. The van der Waals surface area contributed by atoms with Crippen molar-refractivity contribution in [3.8, 4) is 0 Å². The summed E-state index contributed by atoms with van der Waals surface area (Å²) in [5.74, 6) is 0.948. The molecule has 1 aliphatic carbocycles. The molecule has 1 aromatic rings. The molecule has 1 aliphatic heterocycles. The van der Waals surface area contributed by atoms with Gasteiger partial charge in [0.25, 0.3) is 0 Å². The first-order chi connectivity index (χ1) is 11.2. The van der Waals surface area contributed by atoms with Crippen LogP contribution in [0.15, 0.2) is 24.3 Å². The quantitative estimate of drug-likeness (QED) is 0.842. The Morgan fingerprint density at radius 2 is 2.13 bits per heavy atom. The Bertz CT molecular complexity index is 522. The maximum Gasteiger partial charge on any atom is 0.220 e. The molecule has 1 aromatic carbocycles. The standard InChI is InChI=1S/C19H27FN2O/c20-17-7-3-6-16(12-17)19(15-4-1-2-5-15)22-18(23)9-8-14-10-11-21-13-14/h3,6-7,12,14-15,19,21H,1-2,4-5,8-11,13H2,(H,22,23). The van der Waals surface area contributed by atoms with Gasteiger partial charge in [-0.1, -0.05) is 25.0 Å². The minimum atomic E-state index is -0.225. The zero-order valence-corrected chi connectivity index (χ0v) is 13.7. The molecule has 1 heterocycles. The van der Waals surface area contributed by atoms with Crippen molar-refractivity contribution in [1.82, 2.24) is 10.6 Å². The first-order valence-corrected chi connectivity index (χ1v) is 8.98. The van der Waals surface area contributed by atoms with Crippen LogP contribution in [0.5, 0.6) is 0 Å². The Balaban J connectivity index is 1.62. The van der Waals surface area contributed by atoms with Gasteiger partial charge in [-0.25, -0.2) is 4.39 Å². The molecule has 1 saturated carbocycles. The van der Waals surface area contributed by atoms with Gasteiger partial charge < -0.3 is 10.6 Å². The molecule has 3 nitrogen and oxygen atoms in total. The Hall–Kier alpha value is -1.42. The molecule has 2 N–H and O–H groups in total. The van der Waals surface area contributed by atoms with Crippen LogP contribution in [0.3, 0.4) is 0 Å². The monoisotopic (exact) mass is 318 g/mol. The normalized spacial score (nSPS) is 23.1. The molecule has 126 valence electrons. The fraction of sp³-hybridized carbons (Fsp3) is 0.632. The van der Waals surface area contributed by atoms with E-state index in [1.165, 1.54) is 25.3 Å². The minimum absolute atomic E-state index is 0.0394. The Labute approximate surface area is 138 Å². The first kappa shape index (κ1) is 16.4. The Morgan fingerprint density at radius 3 is 2.83 bits per heavy atom. The van der Waals surface area contributed by atoms with Crippen molar-refractivity contribution in [1.29, 1.82) is 0 Å². The second kappa shape index (κ2) is 7.91. The third kappa shape index (κ3) is 4.54. The summed E-state index contributed by atoms with van der Waals surface area (Å²) in [6, 6.07) is 6.67. The van der Waals surface area contributed by atoms with Gasteiger partial charge in [-0.3, -0.25) is 4.79 Å². The molecule has 1 saturated heterocycles. The molecule has 0 aromatic heterocycles. The molecule has 1 amide bonds. The van der Waals surface area contributed by atoms with Crippen molar-refractivity contribution in [3.05, 3.63) is 35.6 Å². The van der Waals surface area contributed by atoms with E-state index in [2.05, 4.69) is 10.6 Å². The van der Waals surface area contributed by atoms with Gasteiger partial charge in [-0.15, -0.1) is 0 Å². The number of amides is 1. The molecule has 0 radical (unpaired) electrons. The number of hydrogen-bond acceptors (Lipinski definition) is 2. The van der Waals surface area contributed by atoms with Crippen LogP contribution in [-0.2, 0) is 4.79 Å². The summed E-state index contributed by atoms with van der Waals surface area (Å²) in [7, 11) is 0. The van der Waals surface area contributed by atoms with Crippen molar-refractivity contribution >= 4 is 5.91 Å². The van der Waals surface area contributed by atoms with E-state index >= 15 is 0 Å². The van der Waals surface area contributed by atoms with Gasteiger partial charge in [-0.2, -0.15) is 0 Å². The van der Waals surface area contributed by atoms with Crippen LogP contribution >= 0.6 is 0 Å². The lowest BCUT2D eigenvalue weighted by atomic mass is 9.91. The molecule has 2 atom stereocenters. The van der Waals surface area contributed by atoms with E-state index in [1.54, 1.807) is 12.1 Å². The van der Waals surface area contributed by atoms with E-state index in [0.717, 1.165) is 37.9 Å². The van der Waals surface area contributed by atoms with Gasteiger partial charge >= 0.3 is 0 Å². The van der Waals surface area contributed by atoms with E-state index in [9.17, 15) is 9.18 Å². The lowest BCUT2D eigenvalue weighted by Gasteiger charge is -2.25. The Morgan fingerprint density at radius 1 is 1.30 bits per heavy atom. The molecule has 4 heteroatoms. The summed E-state index contributed by atoms with van der Waals surface area (Å²) in [5, 5.41) is 6.54. The summed E-state index contributed by atoms with van der Waals surface area (Å²) in [4.78, 5) is 12.4. The summed E-state index contributed by atoms with van der Waals surface area (Å²) in [6.07, 6.45) is 7.34. The van der Waals surface area contributed by atoms with Crippen LogP contribution in [0.4, 0.5) is 4.39 Å². The third-order valence-corrected chi connectivity index (χ3v) is 5.34. The highest BCUT2D eigenvalue weighted by molar-refractivity contribution is 5.76. The lowest BCUT2D eigenvalue weighted by Crippen LogP contribution is -2.33. The van der Waals surface area contributed by atoms with E-state index in [-0.39, 0.29) is 17.8 Å². The topological polar surface area (TPSA) is 41.1 Å². The van der Waals surface area contributed by atoms with Gasteiger partial charge in [0.1, 0.15) is 5.82 Å². The van der Waals surface area contributed by atoms with Gasteiger partial charge in [0, 0.05) is 6.42 Å². The molecule has 23 heavy (non-hydrogen) atoms. The highest BCUT2D eigenvalue weighted by Gasteiger charge is 2.28. The molecule has 2 unspecified atom stereocenters. The number of carbonyl (C=O) groups excluding carboxylic acids is 1. The predicted octanol–water partition coefficient (Wildman–Crippen LogP) is 3.56. The van der Waals surface area contributed by atoms with Gasteiger partial charge in [0.05, 0.1) is 6.04 Å². The van der Waals surface area contributed by atoms with Crippen molar-refractivity contribution in [2.24, 2.45) is 11.8 Å². The number of benzene rings is 1. The van der Waals surface area contributed by atoms with E-state index in [1.807, 2.05) is 6.07 Å². The van der Waals surface area contributed by atoms with Gasteiger partial charge in [-0.05, 0) is 68.3 Å². The van der Waals surface area contributed by atoms with Crippen LogP contribution in [0.25, 0.3) is 0 Å². The van der Waals surface area contributed by atoms with Crippen LogP contribution in [0.2, 0.25) is 0 Å². The highest BCUT2D eigenvalue weighted by atomic mass is 19.1. The number of nitrogens with one attached hydrogen (secondary N) is 2. The summed E-state index contributed by atoms with van der Waals surface area (Å²) in [6.45, 7) is 2.10. The number of halogens is 1.